The predicted octanol–water partition coefficient (Wildman–Crippen LogP) is 2.98. The predicted molar refractivity (Wildman–Crippen MR) is 104 cm³/mol. The number of hydrogen-bond acceptors (Lipinski definition) is 5. The number of aromatic nitrogens is 5. The van der Waals surface area contributed by atoms with E-state index in [-0.39, 0.29) is 17.2 Å². The van der Waals surface area contributed by atoms with Crippen LogP contribution in [0.25, 0.3) is 11.4 Å². The van der Waals surface area contributed by atoms with E-state index < -0.39 is 0 Å². The monoisotopic (exact) mass is 374 g/mol. The molecule has 1 saturated heterocycles. The number of nitrogens with one attached hydrogen (secondary N) is 1. The normalized spacial score (nSPS) is 20.3. The van der Waals surface area contributed by atoms with E-state index in [1.165, 1.54) is 6.42 Å². The number of aryl methyl sites for hydroxylation is 1. The van der Waals surface area contributed by atoms with Gasteiger partial charge in [0.1, 0.15) is 11.5 Å². The minimum atomic E-state index is 0.00588. The highest BCUT2D eigenvalue weighted by molar-refractivity contribution is 5.92. The summed E-state index contributed by atoms with van der Waals surface area (Å²) in [6.07, 6.45) is 6.92. The molecule has 0 aromatic carbocycles. The molecule has 2 fully saturated rings. The average molecular weight is 374 g/mol. The fraction of sp³-hybridized carbons (Fsp3) is 0.381. The zero-order valence-electron chi connectivity index (χ0n) is 15.8. The van der Waals surface area contributed by atoms with E-state index in [1.807, 2.05) is 36.1 Å². The topological polar surface area (TPSA) is 87.7 Å². The van der Waals surface area contributed by atoms with Crippen molar-refractivity contribution < 1.29 is 4.79 Å². The molecule has 1 saturated carbocycles. The van der Waals surface area contributed by atoms with E-state index >= 15 is 0 Å². The fourth-order valence-electron chi connectivity index (χ4n) is 4.52. The van der Waals surface area contributed by atoms with Crippen molar-refractivity contribution in [2.75, 3.05) is 13.1 Å². The van der Waals surface area contributed by atoms with E-state index in [2.05, 4.69) is 20.2 Å². The van der Waals surface area contributed by atoms with Crippen LogP contribution in [-0.4, -0.2) is 49.0 Å². The number of carbonyl (C=O) groups excluding carboxylic acids is 1. The van der Waals surface area contributed by atoms with Gasteiger partial charge in [0.2, 0.25) is 0 Å². The Labute approximate surface area is 163 Å². The van der Waals surface area contributed by atoms with E-state index in [1.54, 1.807) is 18.5 Å². The van der Waals surface area contributed by atoms with Gasteiger partial charge in [0.05, 0.1) is 0 Å². The average Bonchev–Trinajstić information content (AvgIpc) is 3.33. The SMILES string of the molecule is Cc1cccc(C(=O)N2CC(c3nc(-c4ccncc4)n[nH]3)C3(CCC3)C2)n1. The van der Waals surface area contributed by atoms with Crippen LogP contribution in [0.15, 0.2) is 42.7 Å². The van der Waals surface area contributed by atoms with Crippen LogP contribution >= 0.6 is 0 Å². The van der Waals surface area contributed by atoms with Crippen molar-refractivity contribution in [3.63, 3.8) is 0 Å². The van der Waals surface area contributed by atoms with Gasteiger partial charge in [0.15, 0.2) is 5.82 Å². The van der Waals surface area contributed by atoms with Crippen LogP contribution < -0.4 is 0 Å². The molecule has 0 radical (unpaired) electrons. The largest absolute Gasteiger partial charge is 0.336 e. The zero-order valence-corrected chi connectivity index (χ0v) is 15.8. The van der Waals surface area contributed by atoms with Crippen molar-refractivity contribution >= 4 is 5.91 Å². The first-order valence-electron chi connectivity index (χ1n) is 9.70. The molecule has 3 aromatic heterocycles. The number of pyridine rings is 2. The summed E-state index contributed by atoms with van der Waals surface area (Å²) < 4.78 is 0. The molecular formula is C21H22N6O. The highest BCUT2D eigenvalue weighted by Gasteiger charge is 2.53. The molecule has 2 aliphatic rings. The lowest BCUT2D eigenvalue weighted by Crippen LogP contribution is -2.38. The first-order valence-corrected chi connectivity index (χ1v) is 9.70. The van der Waals surface area contributed by atoms with Gasteiger partial charge in [-0.1, -0.05) is 12.5 Å². The molecule has 0 bridgehead atoms. The Hall–Kier alpha value is -3.09. The summed E-state index contributed by atoms with van der Waals surface area (Å²) in [7, 11) is 0. The van der Waals surface area contributed by atoms with Crippen molar-refractivity contribution in [2.24, 2.45) is 5.41 Å². The maximum absolute atomic E-state index is 13.0. The Balaban J connectivity index is 1.42. The molecule has 3 aromatic rings. The molecule has 5 rings (SSSR count). The van der Waals surface area contributed by atoms with Gasteiger partial charge in [-0.15, -0.1) is 0 Å². The maximum Gasteiger partial charge on any atom is 0.272 e. The molecular weight excluding hydrogens is 352 g/mol. The molecule has 1 aliphatic carbocycles. The summed E-state index contributed by atoms with van der Waals surface area (Å²) in [6.45, 7) is 3.32. The van der Waals surface area contributed by atoms with Gasteiger partial charge in [-0.3, -0.25) is 14.9 Å². The number of amides is 1. The van der Waals surface area contributed by atoms with Gasteiger partial charge < -0.3 is 4.90 Å². The van der Waals surface area contributed by atoms with Gasteiger partial charge in [-0.05, 0) is 49.4 Å². The number of hydrogen-bond donors (Lipinski definition) is 1. The minimum absolute atomic E-state index is 0.00588. The molecule has 7 nitrogen and oxygen atoms in total. The second-order valence-corrected chi connectivity index (χ2v) is 7.90. The number of carbonyl (C=O) groups is 1. The second-order valence-electron chi connectivity index (χ2n) is 7.90. The highest BCUT2D eigenvalue weighted by atomic mass is 16.2. The summed E-state index contributed by atoms with van der Waals surface area (Å²) in [6, 6.07) is 9.40. The van der Waals surface area contributed by atoms with Gasteiger partial charge in [-0.2, -0.15) is 5.10 Å². The van der Waals surface area contributed by atoms with Crippen LogP contribution in [0.5, 0.6) is 0 Å². The number of rotatable bonds is 3. The van der Waals surface area contributed by atoms with Crippen molar-refractivity contribution in [3.05, 3.63) is 59.9 Å². The van der Waals surface area contributed by atoms with Gasteiger partial charge >= 0.3 is 0 Å². The van der Waals surface area contributed by atoms with E-state index in [4.69, 9.17) is 4.98 Å². The Kier molecular flexibility index (Phi) is 3.96. The van der Waals surface area contributed by atoms with E-state index in [0.29, 0.717) is 18.1 Å². The number of H-pyrrole nitrogens is 1. The molecule has 1 spiro atoms. The lowest BCUT2D eigenvalue weighted by molar-refractivity contribution is 0.0718. The Morgan fingerprint density at radius 1 is 1.18 bits per heavy atom. The first-order chi connectivity index (χ1) is 13.6. The summed E-state index contributed by atoms with van der Waals surface area (Å²) >= 11 is 0. The lowest BCUT2D eigenvalue weighted by Gasteiger charge is -2.41. The Morgan fingerprint density at radius 3 is 2.71 bits per heavy atom. The first kappa shape index (κ1) is 17.0. The quantitative estimate of drug-likeness (QED) is 0.761. The number of nitrogens with zero attached hydrogens (tertiary/aromatic N) is 5. The Bertz CT molecular complexity index is 1010. The summed E-state index contributed by atoms with van der Waals surface area (Å²) in [5.74, 6) is 1.74. The molecule has 142 valence electrons. The maximum atomic E-state index is 13.0. The Morgan fingerprint density at radius 2 is 2.00 bits per heavy atom. The molecule has 1 amide bonds. The highest BCUT2D eigenvalue weighted by Crippen LogP contribution is 2.55. The lowest BCUT2D eigenvalue weighted by atomic mass is 9.62. The second kappa shape index (κ2) is 6.51. The zero-order chi connectivity index (χ0) is 19.1. The van der Waals surface area contributed by atoms with Gasteiger partial charge in [-0.25, -0.2) is 9.97 Å². The third-order valence-corrected chi connectivity index (χ3v) is 6.16. The summed E-state index contributed by atoms with van der Waals surface area (Å²) in [5, 5.41) is 7.56. The molecule has 1 atom stereocenters. The van der Waals surface area contributed by atoms with Crippen molar-refractivity contribution in [1.29, 1.82) is 0 Å². The van der Waals surface area contributed by atoms with Crippen LogP contribution in [0.2, 0.25) is 0 Å². The summed E-state index contributed by atoms with van der Waals surface area (Å²) in [4.78, 5) is 28.2. The van der Waals surface area contributed by atoms with E-state index in [0.717, 1.165) is 36.5 Å². The molecule has 1 N–H and O–H groups in total. The van der Waals surface area contributed by atoms with E-state index in [9.17, 15) is 4.79 Å². The van der Waals surface area contributed by atoms with Crippen molar-refractivity contribution in [3.8, 4) is 11.4 Å². The van der Waals surface area contributed by atoms with Crippen LogP contribution in [0, 0.1) is 12.3 Å². The van der Waals surface area contributed by atoms with Gasteiger partial charge in [0, 0.05) is 42.7 Å². The van der Waals surface area contributed by atoms with Crippen LogP contribution in [-0.2, 0) is 0 Å². The molecule has 1 aliphatic heterocycles. The van der Waals surface area contributed by atoms with Crippen LogP contribution in [0.4, 0.5) is 0 Å². The molecule has 7 heteroatoms. The third-order valence-electron chi connectivity index (χ3n) is 6.16. The van der Waals surface area contributed by atoms with Crippen LogP contribution in [0.1, 0.15) is 47.2 Å². The number of aromatic amines is 1. The minimum Gasteiger partial charge on any atom is -0.336 e. The van der Waals surface area contributed by atoms with Crippen molar-refractivity contribution in [2.45, 2.75) is 32.1 Å². The van der Waals surface area contributed by atoms with Crippen molar-refractivity contribution in [1.82, 2.24) is 30.0 Å². The number of likely N-dealkylation sites (tertiary alicyclic amines) is 1. The fourth-order valence-corrected chi connectivity index (χ4v) is 4.52. The standard InChI is InChI=1S/C21H22N6O/c1-14-4-2-5-17(23-14)20(28)27-12-16(21(13-27)8-3-9-21)19-24-18(25-26-19)15-6-10-22-11-7-15/h2,4-7,10-11,16H,3,8-9,12-13H2,1H3,(H,24,25,26). The molecule has 4 heterocycles. The molecule has 1 unspecified atom stereocenters. The van der Waals surface area contributed by atoms with Gasteiger partial charge in [0.25, 0.3) is 5.91 Å². The van der Waals surface area contributed by atoms with Crippen LogP contribution in [0.3, 0.4) is 0 Å². The smallest absolute Gasteiger partial charge is 0.272 e. The summed E-state index contributed by atoms with van der Waals surface area (Å²) in [5.41, 5.74) is 2.42. The molecule has 28 heavy (non-hydrogen) atoms. The third kappa shape index (κ3) is 2.78.